The summed E-state index contributed by atoms with van der Waals surface area (Å²) in [7, 11) is 1.50. The van der Waals surface area contributed by atoms with Crippen LogP contribution < -0.4 is 10.3 Å². The molecule has 126 valence electrons. The minimum atomic E-state index is -0.673. The Hall–Kier alpha value is -3.16. The second-order valence-corrected chi connectivity index (χ2v) is 5.25. The van der Waals surface area contributed by atoms with Crippen LogP contribution in [0.3, 0.4) is 0 Å². The predicted octanol–water partition coefficient (Wildman–Crippen LogP) is 1.74. The molecule has 0 saturated heterocycles. The van der Waals surface area contributed by atoms with E-state index >= 15 is 0 Å². The molecule has 0 radical (unpaired) electrons. The van der Waals surface area contributed by atoms with Crippen LogP contribution in [0.2, 0.25) is 0 Å². The van der Waals surface area contributed by atoms with Gasteiger partial charge >= 0.3 is 0 Å². The first-order valence-electron chi connectivity index (χ1n) is 7.20. The lowest BCUT2D eigenvalue weighted by Crippen LogP contribution is -2.34. The summed E-state index contributed by atoms with van der Waals surface area (Å²) in [4.78, 5) is 37.5. The molecule has 0 atom stereocenters. The molecule has 0 unspecified atom stereocenters. The number of H-pyrrole nitrogens is 1. The monoisotopic (exact) mass is 331 g/mol. The topological polar surface area (TPSA) is 106 Å². The number of aromatic amines is 1. The standard InChI is InChI=1S/C16H17N3O5/c1-11-3-5-13(6-4-11)24-8-7-18(2)16(21)14-9-12(19(22)23)10-17-15(14)20/h3-6,9-10H,7-8H2,1-2H3,(H,17,20). The fraction of sp³-hybridized carbons (Fsp3) is 0.250. The van der Waals surface area contributed by atoms with Crippen LogP contribution >= 0.6 is 0 Å². The Bertz CT molecular complexity index is 798. The number of carbonyl (C=O) groups is 1. The highest BCUT2D eigenvalue weighted by molar-refractivity contribution is 5.94. The number of hydrogen-bond acceptors (Lipinski definition) is 5. The molecule has 0 aliphatic heterocycles. The Labute approximate surface area is 137 Å². The van der Waals surface area contributed by atoms with E-state index in [4.69, 9.17) is 4.74 Å². The molecule has 0 fully saturated rings. The summed E-state index contributed by atoms with van der Waals surface area (Å²) >= 11 is 0. The second kappa shape index (κ2) is 7.40. The van der Waals surface area contributed by atoms with Gasteiger partial charge in [0.1, 0.15) is 17.9 Å². The van der Waals surface area contributed by atoms with Gasteiger partial charge in [-0.1, -0.05) is 17.7 Å². The molecule has 24 heavy (non-hydrogen) atoms. The number of amides is 1. The minimum Gasteiger partial charge on any atom is -0.492 e. The summed E-state index contributed by atoms with van der Waals surface area (Å²) in [5.41, 5.74) is -0.180. The zero-order chi connectivity index (χ0) is 17.7. The van der Waals surface area contributed by atoms with E-state index in [0.717, 1.165) is 17.8 Å². The van der Waals surface area contributed by atoms with E-state index in [1.807, 2.05) is 31.2 Å². The van der Waals surface area contributed by atoms with Gasteiger partial charge in [0.15, 0.2) is 0 Å². The summed E-state index contributed by atoms with van der Waals surface area (Å²) < 4.78 is 5.52. The molecule has 0 aliphatic carbocycles. The number of pyridine rings is 1. The third kappa shape index (κ3) is 4.19. The van der Waals surface area contributed by atoms with Crippen LogP contribution in [0.4, 0.5) is 5.69 Å². The van der Waals surface area contributed by atoms with E-state index in [-0.39, 0.29) is 24.4 Å². The maximum atomic E-state index is 12.3. The van der Waals surface area contributed by atoms with Gasteiger partial charge in [0.25, 0.3) is 17.2 Å². The number of ether oxygens (including phenoxy) is 1. The SMILES string of the molecule is Cc1ccc(OCCN(C)C(=O)c2cc([N+](=O)[O-])c[nH]c2=O)cc1. The quantitative estimate of drug-likeness (QED) is 0.641. The molecule has 0 saturated carbocycles. The zero-order valence-corrected chi connectivity index (χ0v) is 13.3. The fourth-order valence-electron chi connectivity index (χ4n) is 1.98. The zero-order valence-electron chi connectivity index (χ0n) is 13.3. The Kier molecular flexibility index (Phi) is 5.31. The van der Waals surface area contributed by atoms with Crippen molar-refractivity contribution in [2.75, 3.05) is 20.2 Å². The van der Waals surface area contributed by atoms with Gasteiger partial charge in [-0.05, 0) is 19.1 Å². The van der Waals surface area contributed by atoms with E-state index in [9.17, 15) is 19.7 Å². The Morgan fingerprint density at radius 2 is 2.00 bits per heavy atom. The first-order valence-corrected chi connectivity index (χ1v) is 7.20. The third-order valence-electron chi connectivity index (χ3n) is 3.39. The number of aromatic nitrogens is 1. The van der Waals surface area contributed by atoms with Crippen LogP contribution in [-0.2, 0) is 0 Å². The maximum Gasteiger partial charge on any atom is 0.286 e. The van der Waals surface area contributed by atoms with E-state index < -0.39 is 16.4 Å². The number of hydrogen-bond donors (Lipinski definition) is 1. The number of likely N-dealkylation sites (N-methyl/N-ethyl adjacent to an activating group) is 1. The molecule has 8 nitrogen and oxygen atoms in total. The van der Waals surface area contributed by atoms with Gasteiger partial charge < -0.3 is 14.6 Å². The Morgan fingerprint density at radius 1 is 1.33 bits per heavy atom. The molecular formula is C16H17N3O5. The molecule has 1 aromatic carbocycles. The average molecular weight is 331 g/mol. The van der Waals surface area contributed by atoms with Crippen molar-refractivity contribution in [1.29, 1.82) is 0 Å². The van der Waals surface area contributed by atoms with Gasteiger partial charge in [-0.2, -0.15) is 0 Å². The summed E-state index contributed by atoms with van der Waals surface area (Å²) in [6, 6.07) is 8.43. The summed E-state index contributed by atoms with van der Waals surface area (Å²) in [6.07, 6.45) is 0.958. The highest BCUT2D eigenvalue weighted by Gasteiger charge is 2.19. The fourth-order valence-corrected chi connectivity index (χ4v) is 1.98. The normalized spacial score (nSPS) is 10.2. The number of benzene rings is 1. The molecule has 0 aliphatic rings. The molecular weight excluding hydrogens is 314 g/mol. The lowest BCUT2D eigenvalue weighted by atomic mass is 10.2. The molecule has 2 aromatic rings. The Morgan fingerprint density at radius 3 is 2.62 bits per heavy atom. The van der Waals surface area contributed by atoms with E-state index in [0.29, 0.717) is 5.75 Å². The molecule has 1 N–H and O–H groups in total. The predicted molar refractivity (Wildman–Crippen MR) is 87.4 cm³/mol. The van der Waals surface area contributed by atoms with Crippen LogP contribution in [0.15, 0.2) is 41.3 Å². The molecule has 1 heterocycles. The van der Waals surface area contributed by atoms with Crippen molar-refractivity contribution in [3.8, 4) is 5.75 Å². The van der Waals surface area contributed by atoms with Crippen LogP contribution in [-0.4, -0.2) is 40.9 Å². The molecule has 0 bridgehead atoms. The summed E-state index contributed by atoms with van der Waals surface area (Å²) in [5.74, 6) is 0.0714. The minimum absolute atomic E-state index is 0.231. The van der Waals surface area contributed by atoms with Crippen molar-refractivity contribution in [3.05, 3.63) is 68.1 Å². The highest BCUT2D eigenvalue weighted by Crippen LogP contribution is 2.12. The maximum absolute atomic E-state index is 12.3. The number of nitrogens with one attached hydrogen (secondary N) is 1. The highest BCUT2D eigenvalue weighted by atomic mass is 16.6. The van der Waals surface area contributed by atoms with Crippen molar-refractivity contribution in [1.82, 2.24) is 9.88 Å². The lowest BCUT2D eigenvalue weighted by molar-refractivity contribution is -0.385. The first-order chi connectivity index (χ1) is 11.4. The average Bonchev–Trinajstić information content (AvgIpc) is 2.56. The molecule has 2 rings (SSSR count). The number of nitro groups is 1. The smallest absolute Gasteiger partial charge is 0.286 e. The van der Waals surface area contributed by atoms with E-state index in [1.165, 1.54) is 11.9 Å². The molecule has 1 amide bonds. The van der Waals surface area contributed by atoms with Gasteiger partial charge in [-0.25, -0.2) is 0 Å². The van der Waals surface area contributed by atoms with Crippen LogP contribution in [0, 0.1) is 17.0 Å². The van der Waals surface area contributed by atoms with Gasteiger partial charge in [-0.3, -0.25) is 19.7 Å². The van der Waals surface area contributed by atoms with Crippen molar-refractivity contribution in [3.63, 3.8) is 0 Å². The van der Waals surface area contributed by atoms with Crippen molar-refractivity contribution in [2.24, 2.45) is 0 Å². The number of aryl methyl sites for hydroxylation is 1. The van der Waals surface area contributed by atoms with Crippen molar-refractivity contribution in [2.45, 2.75) is 6.92 Å². The van der Waals surface area contributed by atoms with E-state index in [2.05, 4.69) is 4.98 Å². The van der Waals surface area contributed by atoms with Crippen LogP contribution in [0.1, 0.15) is 15.9 Å². The molecule has 0 spiro atoms. The number of nitrogens with zero attached hydrogens (tertiary/aromatic N) is 2. The van der Waals surface area contributed by atoms with Gasteiger partial charge in [0.05, 0.1) is 17.7 Å². The number of rotatable bonds is 6. The van der Waals surface area contributed by atoms with Crippen molar-refractivity contribution >= 4 is 11.6 Å². The van der Waals surface area contributed by atoms with Crippen LogP contribution in [0.5, 0.6) is 5.75 Å². The van der Waals surface area contributed by atoms with E-state index in [1.54, 1.807) is 0 Å². The first kappa shape index (κ1) is 17.2. The third-order valence-corrected chi connectivity index (χ3v) is 3.39. The van der Waals surface area contributed by atoms with Gasteiger partial charge in [0, 0.05) is 13.1 Å². The Balaban J connectivity index is 1.99. The van der Waals surface area contributed by atoms with Crippen molar-refractivity contribution < 1.29 is 14.5 Å². The molecule has 8 heteroatoms. The lowest BCUT2D eigenvalue weighted by Gasteiger charge is -2.17. The van der Waals surface area contributed by atoms with Gasteiger partial charge in [-0.15, -0.1) is 0 Å². The largest absolute Gasteiger partial charge is 0.492 e. The summed E-state index contributed by atoms with van der Waals surface area (Å²) in [6.45, 7) is 2.43. The van der Waals surface area contributed by atoms with Crippen LogP contribution in [0.25, 0.3) is 0 Å². The molecule has 1 aromatic heterocycles. The summed E-state index contributed by atoms with van der Waals surface area (Å²) in [5, 5.41) is 10.7. The number of carbonyl (C=O) groups excluding carboxylic acids is 1. The van der Waals surface area contributed by atoms with Gasteiger partial charge in [0.2, 0.25) is 0 Å². The second-order valence-electron chi connectivity index (χ2n) is 5.25.